The van der Waals surface area contributed by atoms with Crippen LogP contribution >= 0.6 is 22.7 Å². The van der Waals surface area contributed by atoms with Gasteiger partial charge in [-0.1, -0.05) is 0 Å². The molecule has 0 aliphatic rings. The number of carbonyl (C=O) groups excluding carboxylic acids is 1. The Morgan fingerprint density at radius 2 is 1.85 bits per heavy atom. The van der Waals surface area contributed by atoms with E-state index in [2.05, 4.69) is 4.98 Å². The molecule has 1 aromatic carbocycles. The molecule has 0 radical (unpaired) electrons. The molecule has 5 nitrogen and oxygen atoms in total. The third kappa shape index (κ3) is 3.99. The van der Waals surface area contributed by atoms with Gasteiger partial charge in [-0.3, -0.25) is 4.79 Å². The summed E-state index contributed by atoms with van der Waals surface area (Å²) in [5.41, 5.74) is 2.22. The van der Waals surface area contributed by atoms with E-state index in [-0.39, 0.29) is 10.7 Å². The van der Waals surface area contributed by atoms with Gasteiger partial charge in [-0.2, -0.15) is 11.3 Å². The van der Waals surface area contributed by atoms with Crippen LogP contribution in [-0.2, 0) is 10.0 Å². The van der Waals surface area contributed by atoms with E-state index < -0.39 is 10.0 Å². The zero-order valence-electron chi connectivity index (χ0n) is 14.1. The molecule has 0 saturated heterocycles. The van der Waals surface area contributed by atoms with Crippen molar-refractivity contribution in [3.63, 3.8) is 0 Å². The molecule has 134 valence electrons. The van der Waals surface area contributed by atoms with Crippen LogP contribution in [0.5, 0.6) is 0 Å². The fraction of sp³-hybridized carbons (Fsp3) is 0.111. The summed E-state index contributed by atoms with van der Waals surface area (Å²) in [6.45, 7) is 0. The first-order chi connectivity index (χ1) is 12.4. The summed E-state index contributed by atoms with van der Waals surface area (Å²) >= 11 is 3.14. The SMILES string of the molecule is CN(C)S(=O)(=O)c1ccc(C(=O)/C=C/c2csc(-c3ccsc3)n2)cc1. The lowest BCUT2D eigenvalue weighted by atomic mass is 10.1. The second-order valence-corrected chi connectivity index (χ2v) is 9.39. The minimum Gasteiger partial charge on any atom is -0.289 e. The molecular formula is C18H16N2O3S3. The van der Waals surface area contributed by atoms with Crippen LogP contribution < -0.4 is 0 Å². The third-order valence-electron chi connectivity index (χ3n) is 3.61. The van der Waals surface area contributed by atoms with E-state index in [1.165, 1.54) is 55.8 Å². The van der Waals surface area contributed by atoms with Gasteiger partial charge in [-0.25, -0.2) is 17.7 Å². The molecule has 0 saturated carbocycles. The highest BCUT2D eigenvalue weighted by molar-refractivity contribution is 7.89. The molecule has 2 heterocycles. The van der Waals surface area contributed by atoms with Crippen molar-refractivity contribution in [2.45, 2.75) is 4.90 Å². The molecule has 3 rings (SSSR count). The molecule has 0 fully saturated rings. The number of benzene rings is 1. The molecule has 3 aromatic rings. The van der Waals surface area contributed by atoms with Gasteiger partial charge in [-0.15, -0.1) is 11.3 Å². The van der Waals surface area contributed by atoms with Gasteiger partial charge in [0, 0.05) is 36.0 Å². The van der Waals surface area contributed by atoms with Crippen molar-refractivity contribution < 1.29 is 13.2 Å². The molecule has 0 spiro atoms. The van der Waals surface area contributed by atoms with Gasteiger partial charge in [0.05, 0.1) is 10.6 Å². The number of sulfonamides is 1. The molecule has 0 aliphatic carbocycles. The summed E-state index contributed by atoms with van der Waals surface area (Å²) < 4.78 is 25.2. The third-order valence-corrected chi connectivity index (χ3v) is 7.04. The fourth-order valence-corrected chi connectivity index (χ4v) is 4.54. The average molecular weight is 405 g/mol. The minimum absolute atomic E-state index is 0.155. The monoisotopic (exact) mass is 404 g/mol. The number of hydrogen-bond donors (Lipinski definition) is 0. The summed E-state index contributed by atoms with van der Waals surface area (Å²) in [5, 5.41) is 6.83. The highest BCUT2D eigenvalue weighted by Crippen LogP contribution is 2.26. The van der Waals surface area contributed by atoms with Crippen LogP contribution in [0.15, 0.2) is 57.4 Å². The second-order valence-electron chi connectivity index (χ2n) is 5.60. The van der Waals surface area contributed by atoms with Gasteiger partial charge in [0.25, 0.3) is 0 Å². The number of rotatable bonds is 6. The second kappa shape index (κ2) is 7.63. The Morgan fingerprint density at radius 1 is 1.12 bits per heavy atom. The molecule has 0 atom stereocenters. The van der Waals surface area contributed by atoms with Crippen molar-refractivity contribution in [3.8, 4) is 10.6 Å². The zero-order chi connectivity index (χ0) is 18.7. The summed E-state index contributed by atoms with van der Waals surface area (Å²) in [7, 11) is -0.562. The van der Waals surface area contributed by atoms with Gasteiger partial charge >= 0.3 is 0 Å². The van der Waals surface area contributed by atoms with Crippen LogP contribution in [0.3, 0.4) is 0 Å². The van der Waals surface area contributed by atoms with Crippen molar-refractivity contribution in [2.75, 3.05) is 14.1 Å². The number of aromatic nitrogens is 1. The lowest BCUT2D eigenvalue weighted by Crippen LogP contribution is -2.22. The Kier molecular flexibility index (Phi) is 5.47. The highest BCUT2D eigenvalue weighted by Gasteiger charge is 2.17. The van der Waals surface area contributed by atoms with Gasteiger partial charge in [0.2, 0.25) is 10.0 Å². The quantitative estimate of drug-likeness (QED) is 0.460. The van der Waals surface area contributed by atoms with Crippen molar-refractivity contribution in [2.24, 2.45) is 0 Å². The van der Waals surface area contributed by atoms with Crippen LogP contribution in [0.4, 0.5) is 0 Å². The van der Waals surface area contributed by atoms with Crippen LogP contribution in [0, 0.1) is 0 Å². The van der Waals surface area contributed by atoms with E-state index in [0.29, 0.717) is 5.56 Å². The molecular weight excluding hydrogens is 388 g/mol. The summed E-state index contributed by atoms with van der Waals surface area (Å²) in [5.74, 6) is -0.205. The maximum absolute atomic E-state index is 12.3. The topological polar surface area (TPSA) is 67.3 Å². The van der Waals surface area contributed by atoms with Crippen molar-refractivity contribution in [1.29, 1.82) is 0 Å². The van der Waals surface area contributed by atoms with Gasteiger partial charge in [0.15, 0.2) is 5.78 Å². The van der Waals surface area contributed by atoms with Crippen LogP contribution in [0.1, 0.15) is 16.1 Å². The van der Waals surface area contributed by atoms with Crippen molar-refractivity contribution >= 4 is 44.6 Å². The Bertz CT molecular complexity index is 1030. The number of hydrogen-bond acceptors (Lipinski definition) is 6. The van der Waals surface area contributed by atoms with Crippen LogP contribution in [0.2, 0.25) is 0 Å². The molecule has 0 aliphatic heterocycles. The molecule has 0 N–H and O–H groups in total. The van der Waals surface area contributed by atoms with Crippen LogP contribution in [0.25, 0.3) is 16.6 Å². The zero-order valence-corrected chi connectivity index (χ0v) is 16.6. The lowest BCUT2D eigenvalue weighted by molar-refractivity contribution is 0.104. The maximum atomic E-state index is 12.3. The minimum atomic E-state index is -3.50. The Balaban J connectivity index is 1.73. The highest BCUT2D eigenvalue weighted by atomic mass is 32.2. The van der Waals surface area contributed by atoms with E-state index in [1.54, 1.807) is 17.4 Å². The summed E-state index contributed by atoms with van der Waals surface area (Å²) in [4.78, 5) is 16.9. The number of thiazole rings is 1. The molecule has 26 heavy (non-hydrogen) atoms. The number of ketones is 1. The normalized spacial score (nSPS) is 12.1. The predicted octanol–water partition coefficient (Wildman–Crippen LogP) is 4.02. The van der Waals surface area contributed by atoms with Gasteiger partial charge in [-0.05, 0) is 47.9 Å². The largest absolute Gasteiger partial charge is 0.289 e. The van der Waals surface area contributed by atoms with E-state index in [4.69, 9.17) is 0 Å². The number of thiophene rings is 1. The summed E-state index contributed by atoms with van der Waals surface area (Å²) in [6, 6.07) is 7.91. The van der Waals surface area contributed by atoms with E-state index in [0.717, 1.165) is 20.6 Å². The van der Waals surface area contributed by atoms with E-state index >= 15 is 0 Å². The van der Waals surface area contributed by atoms with Gasteiger partial charge in [0.1, 0.15) is 5.01 Å². The number of nitrogens with zero attached hydrogens (tertiary/aromatic N) is 2. The first-order valence-corrected chi connectivity index (χ1v) is 10.9. The predicted molar refractivity (Wildman–Crippen MR) is 106 cm³/mol. The molecule has 0 bridgehead atoms. The number of carbonyl (C=O) groups is 1. The maximum Gasteiger partial charge on any atom is 0.242 e. The molecule has 0 amide bonds. The van der Waals surface area contributed by atoms with Crippen molar-refractivity contribution in [3.05, 3.63) is 63.8 Å². The average Bonchev–Trinajstić information content (AvgIpc) is 3.31. The number of allylic oxidation sites excluding steroid dienone is 1. The van der Waals surface area contributed by atoms with Crippen LogP contribution in [-0.4, -0.2) is 37.6 Å². The van der Waals surface area contributed by atoms with E-state index in [1.807, 2.05) is 22.2 Å². The molecule has 8 heteroatoms. The van der Waals surface area contributed by atoms with Crippen molar-refractivity contribution in [1.82, 2.24) is 9.29 Å². The van der Waals surface area contributed by atoms with Gasteiger partial charge < -0.3 is 0 Å². The van der Waals surface area contributed by atoms with E-state index in [9.17, 15) is 13.2 Å². The first-order valence-electron chi connectivity index (χ1n) is 7.61. The Labute approximate surface area is 160 Å². The lowest BCUT2D eigenvalue weighted by Gasteiger charge is -2.11. The molecule has 2 aromatic heterocycles. The Morgan fingerprint density at radius 3 is 2.46 bits per heavy atom. The smallest absolute Gasteiger partial charge is 0.242 e. The first kappa shape index (κ1) is 18.7. The molecule has 0 unspecified atom stereocenters. The Hall–Kier alpha value is -2.13. The fourth-order valence-electron chi connectivity index (χ4n) is 2.14. The standard InChI is InChI=1S/C18H16N2O3S3/c1-20(2)26(22,23)16-6-3-13(4-7-16)17(21)8-5-15-12-25-18(19-15)14-9-10-24-11-14/h3-12H,1-2H3/b8-5+. The summed E-state index contributed by atoms with van der Waals surface area (Å²) in [6.07, 6.45) is 3.11.